The third kappa shape index (κ3) is 3.85. The zero-order valence-electron chi connectivity index (χ0n) is 9.15. The molecule has 0 bridgehead atoms. The zero-order chi connectivity index (χ0) is 11.1. The molecule has 1 heterocycles. The standard InChI is InChI=1S/C11H19N3O/c1-15-11-6-5-9(8-14-11)10(13)4-2-3-7-12/h5-6,8,10H,2-4,7,12-13H2,1H3/t10-/m1/s1. The Kier molecular flexibility index (Phi) is 5.07. The summed E-state index contributed by atoms with van der Waals surface area (Å²) in [4.78, 5) is 4.12. The molecule has 0 saturated carbocycles. The fraction of sp³-hybridized carbons (Fsp3) is 0.545. The van der Waals surface area contributed by atoms with E-state index in [9.17, 15) is 0 Å². The lowest BCUT2D eigenvalue weighted by molar-refractivity contribution is 0.397. The van der Waals surface area contributed by atoms with Gasteiger partial charge in [0.05, 0.1) is 7.11 Å². The van der Waals surface area contributed by atoms with Gasteiger partial charge in [-0.1, -0.05) is 12.5 Å². The Morgan fingerprint density at radius 1 is 1.40 bits per heavy atom. The summed E-state index contributed by atoms with van der Waals surface area (Å²) < 4.78 is 4.98. The Bertz CT molecular complexity index is 274. The number of methoxy groups -OCH3 is 1. The number of hydrogen-bond donors (Lipinski definition) is 2. The normalized spacial score (nSPS) is 12.5. The van der Waals surface area contributed by atoms with Gasteiger partial charge in [0, 0.05) is 18.3 Å². The van der Waals surface area contributed by atoms with Crippen LogP contribution < -0.4 is 16.2 Å². The highest BCUT2D eigenvalue weighted by Crippen LogP contribution is 2.17. The molecule has 0 aliphatic heterocycles. The van der Waals surface area contributed by atoms with E-state index in [1.54, 1.807) is 13.3 Å². The van der Waals surface area contributed by atoms with Crippen LogP contribution >= 0.6 is 0 Å². The molecule has 1 rings (SSSR count). The highest BCUT2D eigenvalue weighted by molar-refractivity contribution is 5.20. The molecule has 1 aromatic rings. The van der Waals surface area contributed by atoms with Crippen molar-refractivity contribution < 1.29 is 4.74 Å². The van der Waals surface area contributed by atoms with Gasteiger partial charge in [-0.15, -0.1) is 0 Å². The van der Waals surface area contributed by atoms with E-state index in [0.717, 1.165) is 31.4 Å². The van der Waals surface area contributed by atoms with Crippen LogP contribution in [-0.2, 0) is 0 Å². The van der Waals surface area contributed by atoms with E-state index in [1.807, 2.05) is 12.1 Å². The molecular formula is C11H19N3O. The molecule has 1 atom stereocenters. The molecule has 4 heteroatoms. The first-order chi connectivity index (χ1) is 7.27. The molecule has 0 unspecified atom stereocenters. The predicted octanol–water partition coefficient (Wildman–Crippen LogP) is 1.22. The van der Waals surface area contributed by atoms with Crippen molar-refractivity contribution in [3.8, 4) is 5.88 Å². The molecule has 0 saturated heterocycles. The molecule has 0 aliphatic carbocycles. The maximum absolute atomic E-state index is 6.01. The number of nitrogens with zero attached hydrogens (tertiary/aromatic N) is 1. The highest BCUT2D eigenvalue weighted by Gasteiger charge is 2.05. The van der Waals surface area contributed by atoms with Crippen LogP contribution in [0.1, 0.15) is 30.9 Å². The Morgan fingerprint density at radius 3 is 2.73 bits per heavy atom. The molecule has 0 aliphatic rings. The number of aromatic nitrogens is 1. The smallest absolute Gasteiger partial charge is 0.212 e. The molecule has 0 radical (unpaired) electrons. The van der Waals surface area contributed by atoms with E-state index in [2.05, 4.69) is 4.98 Å². The zero-order valence-corrected chi connectivity index (χ0v) is 9.15. The van der Waals surface area contributed by atoms with E-state index in [0.29, 0.717) is 5.88 Å². The lowest BCUT2D eigenvalue weighted by atomic mass is 10.0. The summed E-state index contributed by atoms with van der Waals surface area (Å²) in [5, 5.41) is 0. The third-order valence-corrected chi connectivity index (χ3v) is 2.37. The maximum Gasteiger partial charge on any atom is 0.212 e. The van der Waals surface area contributed by atoms with Crippen molar-refractivity contribution in [2.45, 2.75) is 25.3 Å². The summed E-state index contributed by atoms with van der Waals surface area (Å²) in [6, 6.07) is 3.84. The lowest BCUT2D eigenvalue weighted by Gasteiger charge is -2.11. The lowest BCUT2D eigenvalue weighted by Crippen LogP contribution is -2.11. The summed E-state index contributed by atoms with van der Waals surface area (Å²) in [5.41, 5.74) is 12.5. The van der Waals surface area contributed by atoms with Crippen LogP contribution in [0.5, 0.6) is 5.88 Å². The van der Waals surface area contributed by atoms with Crippen molar-refractivity contribution in [3.63, 3.8) is 0 Å². The van der Waals surface area contributed by atoms with Crippen LogP contribution in [0.3, 0.4) is 0 Å². The average molecular weight is 209 g/mol. The van der Waals surface area contributed by atoms with Gasteiger partial charge in [-0.05, 0) is 24.9 Å². The summed E-state index contributed by atoms with van der Waals surface area (Å²) >= 11 is 0. The van der Waals surface area contributed by atoms with Gasteiger partial charge in [-0.3, -0.25) is 0 Å². The van der Waals surface area contributed by atoms with Gasteiger partial charge in [0.2, 0.25) is 5.88 Å². The van der Waals surface area contributed by atoms with Crippen molar-refractivity contribution in [1.82, 2.24) is 4.98 Å². The van der Waals surface area contributed by atoms with Gasteiger partial charge in [-0.25, -0.2) is 4.98 Å². The van der Waals surface area contributed by atoms with Crippen LogP contribution in [-0.4, -0.2) is 18.6 Å². The summed E-state index contributed by atoms with van der Waals surface area (Å²) in [6.45, 7) is 0.730. The quantitative estimate of drug-likeness (QED) is 0.691. The first-order valence-electron chi connectivity index (χ1n) is 5.23. The Hall–Kier alpha value is -1.13. The van der Waals surface area contributed by atoms with Crippen molar-refractivity contribution in [3.05, 3.63) is 23.9 Å². The van der Waals surface area contributed by atoms with Gasteiger partial charge in [0.25, 0.3) is 0 Å². The van der Waals surface area contributed by atoms with Gasteiger partial charge >= 0.3 is 0 Å². The molecule has 0 spiro atoms. The van der Waals surface area contributed by atoms with E-state index in [-0.39, 0.29) is 6.04 Å². The minimum absolute atomic E-state index is 0.0509. The molecule has 4 N–H and O–H groups in total. The molecule has 1 aromatic heterocycles. The van der Waals surface area contributed by atoms with Crippen molar-refractivity contribution in [2.24, 2.45) is 11.5 Å². The fourth-order valence-electron chi connectivity index (χ4n) is 1.41. The third-order valence-electron chi connectivity index (χ3n) is 2.37. The van der Waals surface area contributed by atoms with Gasteiger partial charge < -0.3 is 16.2 Å². The van der Waals surface area contributed by atoms with Crippen LogP contribution in [0, 0.1) is 0 Å². The van der Waals surface area contributed by atoms with E-state index in [4.69, 9.17) is 16.2 Å². The summed E-state index contributed by atoms with van der Waals surface area (Å²) in [7, 11) is 1.60. The van der Waals surface area contributed by atoms with Gasteiger partial charge in [-0.2, -0.15) is 0 Å². The minimum Gasteiger partial charge on any atom is -0.481 e. The number of pyridine rings is 1. The first-order valence-corrected chi connectivity index (χ1v) is 5.23. The molecule has 84 valence electrons. The largest absolute Gasteiger partial charge is 0.481 e. The molecule has 4 nitrogen and oxygen atoms in total. The summed E-state index contributed by atoms with van der Waals surface area (Å²) in [6.07, 6.45) is 4.80. The number of ether oxygens (including phenoxy) is 1. The highest BCUT2D eigenvalue weighted by atomic mass is 16.5. The van der Waals surface area contributed by atoms with Crippen molar-refractivity contribution in [2.75, 3.05) is 13.7 Å². The van der Waals surface area contributed by atoms with Crippen LogP contribution in [0.2, 0.25) is 0 Å². The summed E-state index contributed by atoms with van der Waals surface area (Å²) in [5.74, 6) is 0.618. The number of unbranched alkanes of at least 4 members (excludes halogenated alkanes) is 1. The number of nitrogens with two attached hydrogens (primary N) is 2. The monoisotopic (exact) mass is 209 g/mol. The topological polar surface area (TPSA) is 74.2 Å². The number of rotatable bonds is 6. The predicted molar refractivity (Wildman–Crippen MR) is 60.6 cm³/mol. The molecule has 0 amide bonds. The van der Waals surface area contributed by atoms with E-state index in [1.165, 1.54) is 0 Å². The molecule has 0 fully saturated rings. The van der Waals surface area contributed by atoms with Crippen LogP contribution in [0.15, 0.2) is 18.3 Å². The van der Waals surface area contributed by atoms with Gasteiger partial charge in [0.15, 0.2) is 0 Å². The Labute approximate surface area is 90.6 Å². The number of hydrogen-bond acceptors (Lipinski definition) is 4. The van der Waals surface area contributed by atoms with Crippen LogP contribution in [0.25, 0.3) is 0 Å². The SMILES string of the molecule is COc1ccc([C@H](N)CCCCN)cn1. The second-order valence-electron chi connectivity index (χ2n) is 3.52. The van der Waals surface area contributed by atoms with Crippen molar-refractivity contribution in [1.29, 1.82) is 0 Å². The maximum atomic E-state index is 6.01. The van der Waals surface area contributed by atoms with E-state index >= 15 is 0 Å². The Balaban J connectivity index is 2.46. The Morgan fingerprint density at radius 2 is 2.20 bits per heavy atom. The molecule has 15 heavy (non-hydrogen) atoms. The minimum atomic E-state index is 0.0509. The first kappa shape index (κ1) is 11.9. The second-order valence-corrected chi connectivity index (χ2v) is 3.52. The van der Waals surface area contributed by atoms with E-state index < -0.39 is 0 Å². The molecular weight excluding hydrogens is 190 g/mol. The van der Waals surface area contributed by atoms with Crippen molar-refractivity contribution >= 4 is 0 Å². The van der Waals surface area contributed by atoms with Gasteiger partial charge in [0.1, 0.15) is 0 Å². The molecule has 0 aromatic carbocycles. The average Bonchev–Trinajstić information content (AvgIpc) is 2.29. The second kappa shape index (κ2) is 6.37. The fourth-order valence-corrected chi connectivity index (χ4v) is 1.41. The van der Waals surface area contributed by atoms with Crippen LogP contribution in [0.4, 0.5) is 0 Å².